The van der Waals surface area contributed by atoms with E-state index in [-0.39, 0.29) is 4.99 Å². The molecule has 1 aromatic rings. The highest BCUT2D eigenvalue weighted by molar-refractivity contribution is 7.93. The first-order chi connectivity index (χ1) is 7.75. The van der Waals surface area contributed by atoms with Gasteiger partial charge in [-0.2, -0.15) is 0 Å². The lowest BCUT2D eigenvalue weighted by Crippen LogP contribution is -2.41. The number of sulfonamides is 1. The Kier molecular flexibility index (Phi) is 4.17. The van der Waals surface area contributed by atoms with Gasteiger partial charge < -0.3 is 10.3 Å². The number of hydrogen-bond acceptors (Lipinski definition) is 5. The van der Waals surface area contributed by atoms with Crippen LogP contribution < -0.4 is 10.5 Å². The molecule has 2 atom stereocenters. The van der Waals surface area contributed by atoms with Crippen LogP contribution in [0.25, 0.3) is 0 Å². The lowest BCUT2D eigenvalue weighted by atomic mass is 10.3. The van der Waals surface area contributed by atoms with Crippen molar-refractivity contribution >= 4 is 27.2 Å². The second kappa shape index (κ2) is 5.07. The first-order valence-electron chi connectivity index (χ1n) is 4.90. The van der Waals surface area contributed by atoms with Gasteiger partial charge in [0.05, 0.1) is 11.0 Å². The molecule has 0 fully saturated rings. The molecule has 17 heavy (non-hydrogen) atoms. The van der Waals surface area contributed by atoms with Crippen LogP contribution in [0.1, 0.15) is 25.7 Å². The molecule has 1 aromatic heterocycles. The second-order valence-corrected chi connectivity index (χ2v) is 6.23. The Labute approximate surface area is 105 Å². The molecule has 0 amide bonds. The summed E-state index contributed by atoms with van der Waals surface area (Å²) in [6, 6.07) is -0.496. The largest absolute Gasteiger partial charge is 0.392 e. The molecule has 3 N–H and O–H groups in total. The molecular weight excluding hydrogens is 262 g/mol. The van der Waals surface area contributed by atoms with Crippen LogP contribution in [-0.2, 0) is 17.1 Å². The zero-order valence-corrected chi connectivity index (χ0v) is 11.4. The van der Waals surface area contributed by atoms with E-state index < -0.39 is 21.3 Å². The van der Waals surface area contributed by atoms with Crippen LogP contribution in [0.3, 0.4) is 0 Å². The molecule has 0 aliphatic carbocycles. The van der Waals surface area contributed by atoms with E-state index in [1.54, 1.807) is 18.5 Å². The van der Waals surface area contributed by atoms with Crippen molar-refractivity contribution in [3.63, 3.8) is 0 Å². The highest BCUT2D eigenvalue weighted by Gasteiger charge is 2.26. The Morgan fingerprint density at radius 1 is 1.59 bits per heavy atom. The number of thiocarbonyl (C=S) groups is 1. The van der Waals surface area contributed by atoms with Crippen molar-refractivity contribution in [2.24, 2.45) is 12.8 Å². The van der Waals surface area contributed by atoms with E-state index in [2.05, 4.69) is 27.1 Å². The average molecular weight is 277 g/mol. The number of aromatic nitrogens is 3. The van der Waals surface area contributed by atoms with Gasteiger partial charge in [0.2, 0.25) is 10.0 Å². The topological polar surface area (TPSA) is 103 Å². The van der Waals surface area contributed by atoms with Gasteiger partial charge in [-0.3, -0.25) is 0 Å². The molecular formula is C8H15N5O2S2. The summed E-state index contributed by atoms with van der Waals surface area (Å²) in [7, 11) is -1.87. The minimum Gasteiger partial charge on any atom is -0.392 e. The first-order valence-corrected chi connectivity index (χ1v) is 6.85. The maximum absolute atomic E-state index is 11.9. The minimum absolute atomic E-state index is 0.0670. The molecule has 2 unspecified atom stereocenters. The van der Waals surface area contributed by atoms with Crippen molar-refractivity contribution in [1.82, 2.24) is 19.5 Å². The summed E-state index contributed by atoms with van der Waals surface area (Å²) in [6.45, 7) is 3.11. The van der Waals surface area contributed by atoms with E-state index >= 15 is 0 Å². The number of aryl methyl sites for hydroxylation is 1. The Balaban J connectivity index is 2.86. The maximum atomic E-state index is 11.9. The van der Waals surface area contributed by atoms with Crippen molar-refractivity contribution < 1.29 is 8.42 Å². The molecule has 1 heterocycles. The van der Waals surface area contributed by atoms with Crippen LogP contribution in [0.2, 0.25) is 0 Å². The molecule has 0 bridgehead atoms. The monoisotopic (exact) mass is 277 g/mol. The third-order valence-corrected chi connectivity index (χ3v) is 4.71. The van der Waals surface area contributed by atoms with Crippen LogP contribution in [0.5, 0.6) is 0 Å². The third kappa shape index (κ3) is 3.20. The molecule has 1 rings (SSSR count). The molecule has 0 spiro atoms. The molecule has 0 aliphatic rings. The van der Waals surface area contributed by atoms with Crippen molar-refractivity contribution in [3.05, 3.63) is 12.2 Å². The van der Waals surface area contributed by atoms with E-state index in [0.717, 1.165) is 0 Å². The van der Waals surface area contributed by atoms with E-state index in [1.165, 1.54) is 13.3 Å². The summed E-state index contributed by atoms with van der Waals surface area (Å²) in [5.41, 5.74) is 5.33. The molecule has 9 heteroatoms. The highest BCUT2D eigenvalue weighted by Crippen LogP contribution is 2.11. The zero-order chi connectivity index (χ0) is 13.2. The summed E-state index contributed by atoms with van der Waals surface area (Å²) in [5, 5.41) is 6.58. The second-order valence-electron chi connectivity index (χ2n) is 3.73. The molecule has 0 saturated heterocycles. The Bertz CT molecular complexity index is 510. The fraction of sp³-hybridized carbons (Fsp3) is 0.625. The van der Waals surface area contributed by atoms with Crippen molar-refractivity contribution in [2.45, 2.75) is 25.1 Å². The number of hydrogen-bond donors (Lipinski definition) is 2. The lowest BCUT2D eigenvalue weighted by Gasteiger charge is -2.17. The van der Waals surface area contributed by atoms with Crippen LogP contribution in [0, 0.1) is 0 Å². The predicted molar refractivity (Wildman–Crippen MR) is 67.7 cm³/mol. The van der Waals surface area contributed by atoms with Gasteiger partial charge >= 0.3 is 0 Å². The van der Waals surface area contributed by atoms with Gasteiger partial charge in [-0.1, -0.05) is 12.2 Å². The minimum atomic E-state index is -3.60. The van der Waals surface area contributed by atoms with E-state index in [4.69, 9.17) is 5.73 Å². The van der Waals surface area contributed by atoms with E-state index in [0.29, 0.717) is 5.82 Å². The standard InChI is InChI=1S/C8H15N5O2S2/c1-5(8-11-10-4-13(8)3)12-17(14,15)6(2)7(9)16/h4-6,12H,1-3H3,(H2,9,16). The van der Waals surface area contributed by atoms with Crippen molar-refractivity contribution in [1.29, 1.82) is 0 Å². The summed E-state index contributed by atoms with van der Waals surface area (Å²) in [6.07, 6.45) is 1.50. The van der Waals surface area contributed by atoms with E-state index in [9.17, 15) is 8.42 Å². The normalized spacial score (nSPS) is 15.5. The van der Waals surface area contributed by atoms with Crippen LogP contribution in [0.15, 0.2) is 6.33 Å². The Morgan fingerprint density at radius 3 is 2.59 bits per heavy atom. The quantitative estimate of drug-likeness (QED) is 0.701. The molecule has 0 saturated carbocycles. The maximum Gasteiger partial charge on any atom is 0.221 e. The SMILES string of the molecule is CC(NS(=O)(=O)C(C)C(N)=S)c1nncn1C. The number of rotatable bonds is 5. The fourth-order valence-corrected chi connectivity index (χ4v) is 2.73. The molecule has 0 aliphatic heterocycles. The third-order valence-electron chi connectivity index (χ3n) is 2.34. The predicted octanol–water partition coefficient (Wildman–Crippen LogP) is -0.530. The summed E-state index contributed by atoms with van der Waals surface area (Å²) in [4.78, 5) is -0.0670. The van der Waals surface area contributed by atoms with Gasteiger partial charge in [-0.25, -0.2) is 13.1 Å². The van der Waals surface area contributed by atoms with Gasteiger partial charge in [-0.15, -0.1) is 10.2 Å². The molecule has 0 radical (unpaired) electrons. The van der Waals surface area contributed by atoms with Crippen molar-refractivity contribution in [2.75, 3.05) is 0 Å². The lowest BCUT2D eigenvalue weighted by molar-refractivity contribution is 0.550. The van der Waals surface area contributed by atoms with Crippen LogP contribution in [0.4, 0.5) is 0 Å². The average Bonchev–Trinajstić information content (AvgIpc) is 2.62. The molecule has 96 valence electrons. The van der Waals surface area contributed by atoms with Crippen LogP contribution >= 0.6 is 12.2 Å². The fourth-order valence-electron chi connectivity index (χ4n) is 1.24. The van der Waals surface area contributed by atoms with Gasteiger partial charge in [0.1, 0.15) is 17.4 Å². The Hall–Kier alpha value is -1.06. The van der Waals surface area contributed by atoms with Gasteiger partial charge in [-0.05, 0) is 13.8 Å². The molecule has 7 nitrogen and oxygen atoms in total. The van der Waals surface area contributed by atoms with Crippen LogP contribution in [-0.4, -0.2) is 33.4 Å². The Morgan fingerprint density at radius 2 is 2.18 bits per heavy atom. The summed E-state index contributed by atoms with van der Waals surface area (Å²) in [5.74, 6) is 0.517. The van der Waals surface area contributed by atoms with Crippen molar-refractivity contribution in [3.8, 4) is 0 Å². The summed E-state index contributed by atoms with van der Waals surface area (Å²) < 4.78 is 27.8. The molecule has 0 aromatic carbocycles. The first kappa shape index (κ1) is 14.0. The number of nitrogens with one attached hydrogen (secondary N) is 1. The zero-order valence-electron chi connectivity index (χ0n) is 9.78. The number of nitrogens with two attached hydrogens (primary N) is 1. The summed E-state index contributed by atoms with van der Waals surface area (Å²) >= 11 is 4.67. The highest BCUT2D eigenvalue weighted by atomic mass is 32.2. The van der Waals surface area contributed by atoms with Gasteiger partial charge in [0, 0.05) is 7.05 Å². The number of nitrogens with zero attached hydrogens (tertiary/aromatic N) is 3. The smallest absolute Gasteiger partial charge is 0.221 e. The van der Waals surface area contributed by atoms with Gasteiger partial charge in [0.25, 0.3) is 0 Å². The van der Waals surface area contributed by atoms with Gasteiger partial charge in [0.15, 0.2) is 0 Å². The van der Waals surface area contributed by atoms with E-state index in [1.807, 2.05) is 0 Å².